The Bertz CT molecular complexity index is 1000. The predicted octanol–water partition coefficient (Wildman–Crippen LogP) is 1.14. The Morgan fingerprint density at radius 3 is 2.96 bits per heavy atom. The maximum absolute atomic E-state index is 12.7. The van der Waals surface area contributed by atoms with Gasteiger partial charge in [0.25, 0.3) is 0 Å². The third-order valence-corrected chi connectivity index (χ3v) is 6.03. The molecular weight excluding hydrogens is 316 g/mol. The van der Waals surface area contributed by atoms with Crippen LogP contribution in [0.5, 0.6) is 0 Å². The lowest BCUT2D eigenvalue weighted by molar-refractivity contribution is -0.143. The highest BCUT2D eigenvalue weighted by atomic mass is 16.2. The summed E-state index contributed by atoms with van der Waals surface area (Å²) in [5.74, 6) is 1.22. The number of nitrogens with one attached hydrogen (secondary N) is 1. The lowest BCUT2D eigenvalue weighted by Crippen LogP contribution is -2.81. The van der Waals surface area contributed by atoms with Crippen LogP contribution in [0.4, 0.5) is 5.82 Å². The summed E-state index contributed by atoms with van der Waals surface area (Å²) in [7, 11) is 0. The van der Waals surface area contributed by atoms with E-state index in [0.29, 0.717) is 18.5 Å². The molecule has 3 aromatic rings. The van der Waals surface area contributed by atoms with Crippen LogP contribution in [0.3, 0.4) is 0 Å². The first-order chi connectivity index (χ1) is 12.3. The topological polar surface area (TPSA) is 78.0 Å². The molecule has 5 heterocycles. The summed E-state index contributed by atoms with van der Waals surface area (Å²) >= 11 is 0. The van der Waals surface area contributed by atoms with Crippen LogP contribution in [-0.2, 0) is 11.2 Å². The highest BCUT2D eigenvalue weighted by molar-refractivity contribution is 5.91. The van der Waals surface area contributed by atoms with Crippen LogP contribution in [0.1, 0.15) is 12.0 Å². The van der Waals surface area contributed by atoms with E-state index in [-0.39, 0.29) is 11.4 Å². The summed E-state index contributed by atoms with van der Waals surface area (Å²) in [6.07, 6.45) is 8.50. The van der Waals surface area contributed by atoms with E-state index >= 15 is 0 Å². The van der Waals surface area contributed by atoms with Gasteiger partial charge in [-0.05, 0) is 30.2 Å². The zero-order chi connectivity index (χ0) is 16.6. The first kappa shape index (κ1) is 13.3. The van der Waals surface area contributed by atoms with Crippen LogP contribution in [-0.4, -0.2) is 54.9 Å². The third kappa shape index (κ3) is 1.55. The molecule has 0 aromatic carbocycles. The van der Waals surface area contributed by atoms with E-state index in [0.717, 1.165) is 35.4 Å². The van der Waals surface area contributed by atoms with Crippen molar-refractivity contribution in [2.75, 3.05) is 11.4 Å². The molecule has 1 amide bonds. The number of rotatable bonds is 3. The highest BCUT2D eigenvalue weighted by Crippen LogP contribution is 2.66. The van der Waals surface area contributed by atoms with Gasteiger partial charge in [0.05, 0.1) is 29.4 Å². The lowest BCUT2D eigenvalue weighted by atomic mass is 9.83. The molecule has 3 atom stereocenters. The standard InChI is InChI=1S/C18H16N6O/c25-15(7-11-1-4-19-5-2-11)24-13-8-18(13)14(24)9-23(18)17-12-3-6-20-16(12)21-10-22-17/h1-6,10,13-14H,7-9H2,(H,20,21,22). The fourth-order valence-corrected chi connectivity index (χ4v) is 4.74. The molecule has 3 unspecified atom stereocenters. The van der Waals surface area contributed by atoms with Gasteiger partial charge in [0.15, 0.2) is 0 Å². The quantitative estimate of drug-likeness (QED) is 0.778. The molecule has 1 saturated carbocycles. The molecule has 124 valence electrons. The number of aromatic nitrogens is 4. The van der Waals surface area contributed by atoms with Crippen LogP contribution in [0, 0.1) is 0 Å². The number of amides is 1. The average molecular weight is 332 g/mol. The average Bonchev–Trinajstić information content (AvgIpc) is 3.14. The summed E-state index contributed by atoms with van der Waals surface area (Å²) in [4.78, 5) is 33.1. The zero-order valence-corrected chi connectivity index (χ0v) is 13.5. The first-order valence-corrected chi connectivity index (χ1v) is 8.55. The van der Waals surface area contributed by atoms with Crippen LogP contribution >= 0.6 is 0 Å². The Morgan fingerprint density at radius 2 is 2.12 bits per heavy atom. The minimum atomic E-state index is 0.131. The second kappa shape index (κ2) is 4.36. The molecule has 0 radical (unpaired) electrons. The Morgan fingerprint density at radius 1 is 1.24 bits per heavy atom. The van der Waals surface area contributed by atoms with Crippen molar-refractivity contribution in [2.45, 2.75) is 30.5 Å². The second-order valence-corrected chi connectivity index (χ2v) is 7.11. The SMILES string of the molecule is O=C(Cc1ccncc1)N1C2CN(c3ncnc4[nH]ccc34)C23CC13. The largest absolute Gasteiger partial charge is 0.346 e. The molecule has 6 rings (SSSR count). The maximum atomic E-state index is 12.7. The van der Waals surface area contributed by atoms with E-state index in [1.165, 1.54) is 0 Å². The van der Waals surface area contributed by atoms with E-state index in [1.807, 2.05) is 24.4 Å². The van der Waals surface area contributed by atoms with Crippen molar-refractivity contribution < 1.29 is 4.79 Å². The van der Waals surface area contributed by atoms with E-state index in [4.69, 9.17) is 0 Å². The van der Waals surface area contributed by atoms with E-state index in [2.05, 4.69) is 29.7 Å². The van der Waals surface area contributed by atoms with Crippen molar-refractivity contribution in [3.8, 4) is 0 Å². The molecular formula is C18H16N6O. The van der Waals surface area contributed by atoms with Crippen LogP contribution in [0.2, 0.25) is 0 Å². The Kier molecular flexibility index (Phi) is 2.33. The number of pyridine rings is 1. The van der Waals surface area contributed by atoms with Gasteiger partial charge in [0.2, 0.25) is 5.91 Å². The molecule has 3 fully saturated rings. The third-order valence-electron chi connectivity index (χ3n) is 6.03. The monoisotopic (exact) mass is 332 g/mol. The number of likely N-dealkylation sites (tertiary alicyclic amines) is 1. The Hall–Kier alpha value is -2.96. The summed E-state index contributed by atoms with van der Waals surface area (Å²) in [6.45, 7) is 0.857. The van der Waals surface area contributed by atoms with Crippen LogP contribution in [0.25, 0.3) is 11.0 Å². The number of H-pyrrole nitrogens is 1. The predicted molar refractivity (Wildman–Crippen MR) is 90.9 cm³/mol. The normalized spacial score (nSPS) is 28.8. The number of carbonyl (C=O) groups excluding carboxylic acids is 1. The number of hydrogen-bond donors (Lipinski definition) is 1. The van der Waals surface area contributed by atoms with Gasteiger partial charge >= 0.3 is 0 Å². The molecule has 3 aliphatic rings. The van der Waals surface area contributed by atoms with Gasteiger partial charge in [0, 0.05) is 25.1 Å². The zero-order valence-electron chi connectivity index (χ0n) is 13.5. The van der Waals surface area contributed by atoms with Gasteiger partial charge in [0.1, 0.15) is 17.8 Å². The van der Waals surface area contributed by atoms with Crippen molar-refractivity contribution in [1.29, 1.82) is 0 Å². The van der Waals surface area contributed by atoms with Crippen molar-refractivity contribution in [3.05, 3.63) is 48.7 Å². The molecule has 1 aliphatic carbocycles. The lowest BCUT2D eigenvalue weighted by Gasteiger charge is -2.62. The minimum absolute atomic E-state index is 0.131. The Balaban J connectivity index is 1.23. The smallest absolute Gasteiger partial charge is 0.227 e. The molecule has 2 saturated heterocycles. The van der Waals surface area contributed by atoms with Crippen LogP contribution in [0.15, 0.2) is 43.1 Å². The van der Waals surface area contributed by atoms with E-state index in [9.17, 15) is 4.79 Å². The minimum Gasteiger partial charge on any atom is -0.346 e. The van der Waals surface area contributed by atoms with Gasteiger partial charge in [-0.15, -0.1) is 0 Å². The number of hydrogen-bond acceptors (Lipinski definition) is 5. The Labute approximate surface area is 143 Å². The number of carbonyl (C=O) groups is 1. The molecule has 7 heteroatoms. The van der Waals surface area contributed by atoms with Crippen molar-refractivity contribution in [3.63, 3.8) is 0 Å². The number of fused-ring (bicyclic) bond motifs is 1. The molecule has 3 aromatic heterocycles. The van der Waals surface area contributed by atoms with E-state index < -0.39 is 0 Å². The van der Waals surface area contributed by atoms with Crippen molar-refractivity contribution in [2.24, 2.45) is 0 Å². The summed E-state index contributed by atoms with van der Waals surface area (Å²) in [5.41, 5.74) is 2.03. The number of piperazine rings is 1. The van der Waals surface area contributed by atoms with Gasteiger partial charge < -0.3 is 14.8 Å². The fourth-order valence-electron chi connectivity index (χ4n) is 4.74. The summed E-state index contributed by atoms with van der Waals surface area (Å²) < 4.78 is 0. The van der Waals surface area contributed by atoms with Gasteiger partial charge in [-0.2, -0.15) is 0 Å². The second-order valence-electron chi connectivity index (χ2n) is 7.11. The molecule has 25 heavy (non-hydrogen) atoms. The van der Waals surface area contributed by atoms with E-state index in [1.54, 1.807) is 18.7 Å². The molecule has 1 N–H and O–H groups in total. The fraction of sp³-hybridized carbons (Fsp3) is 0.333. The van der Waals surface area contributed by atoms with Gasteiger partial charge in [-0.25, -0.2) is 9.97 Å². The maximum Gasteiger partial charge on any atom is 0.227 e. The number of aromatic amines is 1. The summed E-state index contributed by atoms with van der Waals surface area (Å²) in [6, 6.07) is 6.51. The number of nitrogens with zero attached hydrogens (tertiary/aromatic N) is 5. The van der Waals surface area contributed by atoms with Crippen LogP contribution < -0.4 is 4.90 Å². The van der Waals surface area contributed by atoms with Crippen molar-refractivity contribution >= 4 is 22.8 Å². The summed E-state index contributed by atoms with van der Waals surface area (Å²) in [5, 5.41) is 1.06. The molecule has 2 aliphatic heterocycles. The van der Waals surface area contributed by atoms with Crippen molar-refractivity contribution in [1.82, 2.24) is 24.8 Å². The highest BCUT2D eigenvalue weighted by Gasteiger charge is 2.83. The first-order valence-electron chi connectivity index (χ1n) is 8.55. The number of anilines is 1. The molecule has 1 spiro atoms. The van der Waals surface area contributed by atoms with Gasteiger partial charge in [-0.1, -0.05) is 0 Å². The van der Waals surface area contributed by atoms with Gasteiger partial charge in [-0.3, -0.25) is 9.78 Å². The molecule has 0 bridgehead atoms. The molecule has 7 nitrogen and oxygen atoms in total.